The number of amides is 5. The second kappa shape index (κ2) is 10.4. The first kappa shape index (κ1) is 25.6. The molecule has 0 aliphatic carbocycles. The van der Waals surface area contributed by atoms with Crippen molar-refractivity contribution in [2.45, 2.75) is 50.9 Å². The molecule has 0 bridgehead atoms. The Balaban J connectivity index is 1.24. The Kier molecular flexibility index (Phi) is 6.96. The lowest BCUT2D eigenvalue weighted by molar-refractivity contribution is -0.141. The number of benzene rings is 2. The Hall–Kier alpha value is -4.08. The number of carbonyl (C=O) groups excluding carboxylic acids is 4. The molecule has 5 amide bonds. The van der Waals surface area contributed by atoms with Crippen molar-refractivity contribution in [2.75, 3.05) is 27.8 Å². The average Bonchev–Trinajstić information content (AvgIpc) is 3.17. The molecule has 0 spiro atoms. The van der Waals surface area contributed by atoms with E-state index in [9.17, 15) is 19.2 Å². The van der Waals surface area contributed by atoms with Crippen molar-refractivity contribution in [3.63, 3.8) is 0 Å². The summed E-state index contributed by atoms with van der Waals surface area (Å²) in [6, 6.07) is 10.0. The van der Waals surface area contributed by atoms with Gasteiger partial charge in [-0.3, -0.25) is 19.3 Å². The number of imide groups is 1. The van der Waals surface area contributed by atoms with Gasteiger partial charge < -0.3 is 24.6 Å². The van der Waals surface area contributed by atoms with Crippen LogP contribution in [0.15, 0.2) is 36.4 Å². The third-order valence-electron chi connectivity index (χ3n) is 7.75. The zero-order valence-electron chi connectivity index (χ0n) is 21.9. The number of fused-ring (bicyclic) bond motifs is 3. The molecule has 3 aliphatic rings. The highest BCUT2D eigenvalue weighted by molar-refractivity contribution is 6.04. The summed E-state index contributed by atoms with van der Waals surface area (Å²) in [5.74, 6) is 0.535. The summed E-state index contributed by atoms with van der Waals surface area (Å²) in [5, 5.41) is 2.66. The van der Waals surface area contributed by atoms with E-state index in [0.29, 0.717) is 43.9 Å². The van der Waals surface area contributed by atoms with Gasteiger partial charge in [0.2, 0.25) is 11.8 Å². The fourth-order valence-corrected chi connectivity index (χ4v) is 5.69. The van der Waals surface area contributed by atoms with Gasteiger partial charge in [0.1, 0.15) is 12.1 Å². The van der Waals surface area contributed by atoms with Gasteiger partial charge in [-0.1, -0.05) is 24.3 Å². The van der Waals surface area contributed by atoms with Crippen LogP contribution in [0.3, 0.4) is 0 Å². The molecule has 1 fully saturated rings. The first-order valence-corrected chi connectivity index (χ1v) is 12.8. The van der Waals surface area contributed by atoms with E-state index in [1.807, 2.05) is 36.4 Å². The predicted molar refractivity (Wildman–Crippen MR) is 137 cm³/mol. The molecule has 1 N–H and O–H groups in total. The molecular weight excluding hydrogens is 488 g/mol. The number of likely N-dealkylation sites (N-methyl/N-ethyl adjacent to an activating group) is 1. The average molecular weight is 521 g/mol. The maximum atomic E-state index is 13.2. The van der Waals surface area contributed by atoms with Crippen molar-refractivity contribution in [3.8, 4) is 11.5 Å². The SMILES string of the molecule is CNC(=O)[C@@H]1Cc2ccccc2CN1C(=O)CCCN1C(=O)[C@@H]2Cc3cc(OC)c(OC)cc3CN2C1=O. The fourth-order valence-electron chi connectivity index (χ4n) is 5.69. The molecule has 3 aliphatic heterocycles. The summed E-state index contributed by atoms with van der Waals surface area (Å²) in [7, 11) is 4.68. The number of hydrogen-bond acceptors (Lipinski definition) is 6. The van der Waals surface area contributed by atoms with E-state index in [-0.39, 0.29) is 36.7 Å². The quantitative estimate of drug-likeness (QED) is 0.559. The molecule has 2 aromatic carbocycles. The molecule has 10 nitrogen and oxygen atoms in total. The van der Waals surface area contributed by atoms with Crippen molar-refractivity contribution >= 4 is 23.8 Å². The maximum Gasteiger partial charge on any atom is 0.327 e. The van der Waals surface area contributed by atoms with E-state index in [1.165, 1.54) is 4.90 Å². The Morgan fingerprint density at radius 3 is 2.32 bits per heavy atom. The van der Waals surface area contributed by atoms with Crippen LogP contribution in [0.2, 0.25) is 0 Å². The number of hydrogen-bond donors (Lipinski definition) is 1. The number of nitrogens with zero attached hydrogens (tertiary/aromatic N) is 3. The summed E-state index contributed by atoms with van der Waals surface area (Å²) < 4.78 is 10.8. The molecule has 200 valence electrons. The molecule has 3 heterocycles. The predicted octanol–water partition coefficient (Wildman–Crippen LogP) is 1.87. The molecule has 10 heteroatoms. The summed E-state index contributed by atoms with van der Waals surface area (Å²) in [4.78, 5) is 56.6. The van der Waals surface area contributed by atoms with Crippen LogP contribution in [0.5, 0.6) is 11.5 Å². The Labute approximate surface area is 221 Å². The molecule has 0 aromatic heterocycles. The van der Waals surface area contributed by atoms with Crippen molar-refractivity contribution in [1.29, 1.82) is 0 Å². The van der Waals surface area contributed by atoms with Crippen LogP contribution in [-0.2, 0) is 40.3 Å². The van der Waals surface area contributed by atoms with E-state index >= 15 is 0 Å². The highest BCUT2D eigenvalue weighted by atomic mass is 16.5. The lowest BCUT2D eigenvalue weighted by Crippen LogP contribution is -2.52. The van der Waals surface area contributed by atoms with Crippen LogP contribution in [0, 0.1) is 0 Å². The minimum absolute atomic E-state index is 0.131. The summed E-state index contributed by atoms with van der Waals surface area (Å²) in [6.07, 6.45) is 1.31. The minimum Gasteiger partial charge on any atom is -0.493 e. The first-order valence-electron chi connectivity index (χ1n) is 12.8. The van der Waals surface area contributed by atoms with Crippen molar-refractivity contribution in [1.82, 2.24) is 20.0 Å². The molecule has 5 rings (SSSR count). The standard InChI is InChI=1S/C28H32N4O6/c1-29-26(34)21-11-17-7-4-5-8-18(17)15-31(21)25(33)9-6-10-30-27(35)22-12-19-13-23(37-2)24(38-3)14-20(19)16-32(22)28(30)36/h4-5,7-8,13-14,21-22H,6,9-12,15-16H2,1-3H3,(H,29,34)/t21-,22-/m0/s1. The molecule has 2 aromatic rings. The van der Waals surface area contributed by atoms with Gasteiger partial charge in [0.05, 0.1) is 14.2 Å². The van der Waals surface area contributed by atoms with Crippen LogP contribution in [0.25, 0.3) is 0 Å². The lowest BCUT2D eigenvalue weighted by atomic mass is 9.93. The first-order chi connectivity index (χ1) is 18.4. The van der Waals surface area contributed by atoms with Crippen molar-refractivity contribution in [2.24, 2.45) is 0 Å². The number of nitrogens with one attached hydrogen (secondary N) is 1. The van der Waals surface area contributed by atoms with Crippen molar-refractivity contribution < 1.29 is 28.7 Å². The van der Waals surface area contributed by atoms with E-state index in [1.54, 1.807) is 31.1 Å². The van der Waals surface area contributed by atoms with Gasteiger partial charge in [0.15, 0.2) is 11.5 Å². The normalized spacial score (nSPS) is 20.0. The second-order valence-electron chi connectivity index (χ2n) is 9.82. The summed E-state index contributed by atoms with van der Waals surface area (Å²) >= 11 is 0. The zero-order chi connectivity index (χ0) is 27.0. The van der Waals surface area contributed by atoms with E-state index in [2.05, 4.69) is 5.32 Å². The highest BCUT2D eigenvalue weighted by Gasteiger charge is 2.47. The van der Waals surface area contributed by atoms with Gasteiger partial charge in [0.25, 0.3) is 5.91 Å². The van der Waals surface area contributed by atoms with Gasteiger partial charge in [-0.2, -0.15) is 0 Å². The molecule has 2 atom stereocenters. The van der Waals surface area contributed by atoms with Crippen LogP contribution in [0.4, 0.5) is 4.79 Å². The second-order valence-corrected chi connectivity index (χ2v) is 9.82. The van der Waals surface area contributed by atoms with Crippen LogP contribution >= 0.6 is 0 Å². The molecule has 0 saturated carbocycles. The fraction of sp³-hybridized carbons (Fsp3) is 0.429. The Morgan fingerprint density at radius 1 is 0.947 bits per heavy atom. The third kappa shape index (κ3) is 4.44. The largest absolute Gasteiger partial charge is 0.493 e. The van der Waals surface area contributed by atoms with E-state index < -0.39 is 12.1 Å². The Morgan fingerprint density at radius 2 is 1.63 bits per heavy atom. The molecule has 0 radical (unpaired) electrons. The maximum absolute atomic E-state index is 13.2. The van der Waals surface area contributed by atoms with Crippen LogP contribution < -0.4 is 14.8 Å². The highest BCUT2D eigenvalue weighted by Crippen LogP contribution is 2.37. The molecule has 38 heavy (non-hydrogen) atoms. The van der Waals surface area contributed by atoms with E-state index in [4.69, 9.17) is 9.47 Å². The number of carbonyl (C=O) groups is 4. The zero-order valence-corrected chi connectivity index (χ0v) is 21.9. The van der Waals surface area contributed by atoms with Gasteiger partial charge >= 0.3 is 6.03 Å². The monoisotopic (exact) mass is 520 g/mol. The Bertz CT molecular complexity index is 1240. The molecule has 0 unspecified atom stereocenters. The van der Waals surface area contributed by atoms with E-state index in [0.717, 1.165) is 22.3 Å². The molecular formula is C28H32N4O6. The van der Waals surface area contributed by atoms with Gasteiger partial charge in [0, 0.05) is 45.9 Å². The van der Waals surface area contributed by atoms with Gasteiger partial charge in [-0.25, -0.2) is 4.79 Å². The topological polar surface area (TPSA) is 108 Å². The number of ether oxygens (including phenoxy) is 2. The summed E-state index contributed by atoms with van der Waals surface area (Å²) in [6.45, 7) is 0.811. The van der Waals surface area contributed by atoms with Crippen LogP contribution in [-0.4, -0.2) is 78.3 Å². The lowest BCUT2D eigenvalue weighted by Gasteiger charge is -2.36. The number of urea groups is 1. The van der Waals surface area contributed by atoms with Crippen LogP contribution in [0.1, 0.15) is 35.1 Å². The minimum atomic E-state index is -0.584. The third-order valence-corrected chi connectivity index (χ3v) is 7.75. The van der Waals surface area contributed by atoms with Gasteiger partial charge in [-0.15, -0.1) is 0 Å². The molecule has 1 saturated heterocycles. The number of rotatable bonds is 7. The smallest absolute Gasteiger partial charge is 0.327 e. The van der Waals surface area contributed by atoms with Gasteiger partial charge in [-0.05, 0) is 40.8 Å². The summed E-state index contributed by atoms with van der Waals surface area (Å²) in [5.41, 5.74) is 3.96. The number of methoxy groups -OCH3 is 2. The van der Waals surface area contributed by atoms with Crippen molar-refractivity contribution in [3.05, 3.63) is 58.7 Å².